The molecule has 0 saturated carbocycles. The van der Waals surface area contributed by atoms with Crippen molar-refractivity contribution in [3.63, 3.8) is 0 Å². The molecule has 4 aromatic heterocycles. The largest absolute Gasteiger partial charge is 0.507 e. The summed E-state index contributed by atoms with van der Waals surface area (Å²) in [7, 11) is 2.66. The minimum absolute atomic E-state index is 0.212. The average molecular weight is 685 g/mol. The van der Waals surface area contributed by atoms with E-state index >= 15 is 0 Å². The van der Waals surface area contributed by atoms with Crippen LogP contribution in [0, 0.1) is 0 Å². The number of alkyl halides is 1. The number of aromatic hydroxyl groups is 1. The summed E-state index contributed by atoms with van der Waals surface area (Å²) in [5.41, 5.74) is 5.80. The van der Waals surface area contributed by atoms with Crippen molar-refractivity contribution < 1.29 is 19.0 Å². The molecule has 2 aliphatic heterocycles. The Morgan fingerprint density at radius 2 is 1.61 bits per heavy atom. The highest BCUT2D eigenvalue weighted by Crippen LogP contribution is 2.53. The predicted molar refractivity (Wildman–Crippen MR) is 190 cm³/mol. The van der Waals surface area contributed by atoms with Crippen molar-refractivity contribution >= 4 is 54.7 Å². The van der Waals surface area contributed by atoms with Gasteiger partial charge in [0.25, 0.3) is 0 Å². The molecule has 246 valence electrons. The molecule has 3 N–H and O–H groups in total. The van der Waals surface area contributed by atoms with E-state index < -0.39 is 28.8 Å². The topological polar surface area (TPSA) is 105 Å². The second-order valence-electron chi connectivity index (χ2n) is 11.0. The highest BCUT2D eigenvalue weighted by atomic mass is 32.2. The van der Waals surface area contributed by atoms with Gasteiger partial charge in [0.1, 0.15) is 15.6 Å². The van der Waals surface area contributed by atoms with E-state index in [1.54, 1.807) is 26.5 Å². The van der Waals surface area contributed by atoms with Crippen LogP contribution in [0.15, 0.2) is 62.8 Å². The van der Waals surface area contributed by atoms with Gasteiger partial charge in [-0.05, 0) is 90.0 Å². The van der Waals surface area contributed by atoms with Crippen molar-refractivity contribution in [2.75, 3.05) is 53.1 Å². The zero-order valence-corrected chi connectivity index (χ0v) is 28.9. The second kappa shape index (κ2) is 15.1. The molecule has 2 unspecified atom stereocenters. The number of rotatable bonds is 16. The number of hydrogen-bond donors (Lipinski definition) is 5. The Labute approximate surface area is 278 Å². The minimum atomic E-state index is -1.13. The van der Waals surface area contributed by atoms with Gasteiger partial charge >= 0.3 is 0 Å². The van der Waals surface area contributed by atoms with Crippen LogP contribution < -0.4 is 20.1 Å². The van der Waals surface area contributed by atoms with Crippen molar-refractivity contribution in [1.29, 1.82) is 0 Å². The summed E-state index contributed by atoms with van der Waals surface area (Å²) in [5.74, 6) is 2.22. The molecule has 13 heteroatoms. The molecule has 0 radical (unpaired) electrons. The molecular weight excluding hydrogens is 644 g/mol. The number of nitrogens with zero attached hydrogens (tertiary/aromatic N) is 4. The quantitative estimate of drug-likeness (QED) is 0.0532. The van der Waals surface area contributed by atoms with Crippen LogP contribution in [0.25, 0.3) is 21.4 Å². The number of ether oxygens (including phenoxy) is 2. The van der Waals surface area contributed by atoms with Crippen LogP contribution in [0.1, 0.15) is 36.5 Å². The molecule has 6 rings (SSSR count). The van der Waals surface area contributed by atoms with E-state index in [1.165, 1.54) is 28.0 Å². The predicted octanol–water partition coefficient (Wildman–Crippen LogP) is 6.26. The zero-order chi connectivity index (χ0) is 32.0. The third-order valence-electron chi connectivity index (χ3n) is 8.17. The molecule has 0 aliphatic carbocycles. The summed E-state index contributed by atoms with van der Waals surface area (Å²) >= 11 is 0.361. The van der Waals surface area contributed by atoms with E-state index in [0.29, 0.717) is 24.7 Å². The minimum Gasteiger partial charge on any atom is -0.507 e. The summed E-state index contributed by atoms with van der Waals surface area (Å²) < 4.78 is 27.4. The number of aromatic nitrogens is 3. The van der Waals surface area contributed by atoms with Gasteiger partial charge in [0, 0.05) is 41.9 Å². The highest BCUT2D eigenvalue weighted by Gasteiger charge is 2.28. The molecule has 0 bridgehead atoms. The van der Waals surface area contributed by atoms with Crippen LogP contribution in [-0.2, 0) is 6.42 Å². The number of fused-ring (bicyclic) bond motifs is 3. The van der Waals surface area contributed by atoms with Gasteiger partial charge in [0.2, 0.25) is 11.8 Å². The second-order valence-corrected chi connectivity index (χ2v) is 15.7. The maximum Gasteiger partial charge on any atom is 0.214 e. The first kappa shape index (κ1) is 32.7. The Kier molecular flexibility index (Phi) is 10.8. The fourth-order valence-corrected chi connectivity index (χ4v) is 11.1. The van der Waals surface area contributed by atoms with Gasteiger partial charge in [-0.15, -0.1) is 22.4 Å². The summed E-state index contributed by atoms with van der Waals surface area (Å²) in [6.07, 6.45) is 3.98. The first-order chi connectivity index (χ1) is 22.5. The summed E-state index contributed by atoms with van der Waals surface area (Å²) in [6.45, 7) is 4.70. The SMILES string of the molecule is CCNCCC1=C[SH](CNCCC2=C[SH](N(CF)CCc3csc4nccc(O)c34)c3nc(OC)ccc32)c2nc(OC)ccc21. The molecule has 46 heavy (non-hydrogen) atoms. The molecule has 0 amide bonds. The van der Waals surface area contributed by atoms with Crippen LogP contribution in [-0.4, -0.2) is 77.4 Å². The third kappa shape index (κ3) is 6.90. The van der Waals surface area contributed by atoms with Crippen LogP contribution in [0.5, 0.6) is 17.5 Å². The Bertz CT molecular complexity index is 1750. The maximum absolute atomic E-state index is 14.7. The molecule has 0 saturated heterocycles. The molecular formula is C33H41FN6O3S3. The number of thiol groups is 2. The van der Waals surface area contributed by atoms with Crippen molar-refractivity contribution in [2.24, 2.45) is 0 Å². The molecule has 0 aromatic carbocycles. The highest BCUT2D eigenvalue weighted by molar-refractivity contribution is 8.20. The zero-order valence-electron chi connectivity index (χ0n) is 26.3. The lowest BCUT2D eigenvalue weighted by Crippen LogP contribution is -2.21. The number of pyridine rings is 3. The smallest absolute Gasteiger partial charge is 0.214 e. The van der Waals surface area contributed by atoms with Crippen molar-refractivity contribution in [3.05, 3.63) is 69.4 Å². The molecule has 0 fully saturated rings. The first-order valence-corrected chi connectivity index (χ1v) is 19.2. The molecule has 9 nitrogen and oxygen atoms in total. The normalized spacial score (nSPS) is 18.5. The van der Waals surface area contributed by atoms with Crippen molar-refractivity contribution in [3.8, 4) is 17.5 Å². The van der Waals surface area contributed by atoms with Gasteiger partial charge in [-0.25, -0.2) is 23.6 Å². The number of thiophene rings is 1. The lowest BCUT2D eigenvalue weighted by Gasteiger charge is -2.28. The summed E-state index contributed by atoms with van der Waals surface area (Å²) in [5, 5.41) is 26.9. The molecule has 4 aromatic rings. The fourth-order valence-electron chi connectivity index (χ4n) is 5.81. The Balaban J connectivity index is 1.14. The van der Waals surface area contributed by atoms with E-state index in [9.17, 15) is 9.50 Å². The first-order valence-electron chi connectivity index (χ1n) is 15.4. The number of nitrogens with one attached hydrogen (secondary N) is 2. The van der Waals surface area contributed by atoms with Crippen LogP contribution in [0.4, 0.5) is 4.39 Å². The summed E-state index contributed by atoms with van der Waals surface area (Å²) in [6, 6.07) is 9.62. The van der Waals surface area contributed by atoms with E-state index in [2.05, 4.69) is 45.5 Å². The lowest BCUT2D eigenvalue weighted by molar-refractivity contribution is 0.312. The van der Waals surface area contributed by atoms with Gasteiger partial charge in [-0.3, -0.25) is 0 Å². The van der Waals surface area contributed by atoms with Crippen molar-refractivity contribution in [2.45, 2.75) is 36.2 Å². The van der Waals surface area contributed by atoms with Gasteiger partial charge in [0.05, 0.1) is 24.6 Å². The molecule has 2 atom stereocenters. The Morgan fingerprint density at radius 1 is 0.913 bits per heavy atom. The average Bonchev–Trinajstić information content (AvgIpc) is 3.77. The van der Waals surface area contributed by atoms with E-state index in [4.69, 9.17) is 19.4 Å². The standard InChI is InChI=1S/C33H41FN6O3S3/c1-4-35-13-9-23-18-45(32-25(23)5-7-28(38-32)42-2)21-36-14-10-24-19-46(33-26(24)6-8-29(39-33)43-3)40(20-34)16-12-22-17-44-31-30(22)27(41)11-15-37-31/h5-8,11,15,17-19,35-36,45-46H,4,9-10,12-14,16,20-21H2,1-3H3,(H,37,41). The van der Waals surface area contributed by atoms with Crippen LogP contribution in [0.3, 0.4) is 0 Å². The van der Waals surface area contributed by atoms with E-state index in [1.807, 2.05) is 21.8 Å². The lowest BCUT2D eigenvalue weighted by atomic mass is 10.1. The van der Waals surface area contributed by atoms with Crippen LogP contribution >= 0.6 is 33.3 Å². The van der Waals surface area contributed by atoms with Gasteiger partial charge in [-0.1, -0.05) is 6.92 Å². The number of halogens is 1. The van der Waals surface area contributed by atoms with Crippen molar-refractivity contribution in [1.82, 2.24) is 29.9 Å². The monoisotopic (exact) mass is 684 g/mol. The molecule has 2 aliphatic rings. The van der Waals surface area contributed by atoms with Gasteiger partial charge in [0.15, 0.2) is 6.80 Å². The summed E-state index contributed by atoms with van der Waals surface area (Å²) in [4.78, 5) is 14.8. The molecule has 0 spiro atoms. The number of methoxy groups -OCH3 is 2. The third-order valence-corrected chi connectivity index (χ3v) is 13.4. The van der Waals surface area contributed by atoms with E-state index in [0.717, 1.165) is 69.7 Å². The van der Waals surface area contributed by atoms with Gasteiger partial charge < -0.3 is 25.2 Å². The maximum atomic E-state index is 14.7. The van der Waals surface area contributed by atoms with Crippen LogP contribution in [0.2, 0.25) is 0 Å². The Morgan fingerprint density at radius 3 is 2.33 bits per heavy atom. The van der Waals surface area contributed by atoms with E-state index in [-0.39, 0.29) is 5.75 Å². The van der Waals surface area contributed by atoms with Gasteiger partial charge in [-0.2, -0.15) is 10.9 Å². The number of hydrogen-bond acceptors (Lipinski definition) is 10. The Hall–Kier alpha value is -3.20. The molecule has 6 heterocycles. The fraction of sp³-hybridized carbons (Fsp3) is 0.364.